The smallest absolute Gasteiger partial charge is 0.274 e. The van der Waals surface area contributed by atoms with Gasteiger partial charge in [-0.3, -0.25) is 9.63 Å². The number of amides is 1. The highest BCUT2D eigenvalue weighted by atomic mass is 16.6. The van der Waals surface area contributed by atoms with Gasteiger partial charge in [-0.05, 0) is 23.6 Å². The second kappa shape index (κ2) is 3.51. The minimum atomic E-state index is -0.246. The Kier molecular flexibility index (Phi) is 2.20. The molecular weight excluding hydrogens is 180 g/mol. The van der Waals surface area contributed by atoms with Crippen molar-refractivity contribution in [3.63, 3.8) is 0 Å². The van der Waals surface area contributed by atoms with Crippen LogP contribution in [0.4, 0.5) is 0 Å². The molecule has 2 N–H and O–H groups in total. The van der Waals surface area contributed by atoms with E-state index >= 15 is 0 Å². The summed E-state index contributed by atoms with van der Waals surface area (Å²) in [5.41, 5.74) is 3.78. The first kappa shape index (κ1) is 8.77. The van der Waals surface area contributed by atoms with Crippen LogP contribution < -0.4 is 5.48 Å². The molecule has 1 aromatic carbocycles. The number of H-pyrrole nitrogens is 1. The molecule has 2 aromatic rings. The average Bonchev–Trinajstić information content (AvgIpc) is 2.64. The molecule has 1 heterocycles. The molecule has 0 saturated carbocycles. The zero-order valence-corrected chi connectivity index (χ0v) is 7.70. The number of hydrogen-bond donors (Lipinski definition) is 2. The first-order valence-corrected chi connectivity index (χ1v) is 4.22. The highest BCUT2D eigenvalue weighted by molar-refractivity contribution is 5.97. The first-order valence-electron chi connectivity index (χ1n) is 4.22. The zero-order valence-electron chi connectivity index (χ0n) is 7.70. The van der Waals surface area contributed by atoms with Crippen molar-refractivity contribution < 1.29 is 9.63 Å². The number of hydroxylamine groups is 1. The van der Waals surface area contributed by atoms with Crippen molar-refractivity contribution >= 4 is 16.8 Å². The first-order chi connectivity index (χ1) is 6.81. The molecule has 0 bridgehead atoms. The molecule has 0 atom stereocenters. The van der Waals surface area contributed by atoms with Crippen molar-refractivity contribution in [1.82, 2.24) is 10.5 Å². The minimum Gasteiger partial charge on any atom is -0.361 e. The number of hydrogen-bond acceptors (Lipinski definition) is 2. The van der Waals surface area contributed by atoms with Crippen molar-refractivity contribution in [2.45, 2.75) is 0 Å². The molecule has 0 radical (unpaired) electrons. The fourth-order valence-electron chi connectivity index (χ4n) is 1.34. The van der Waals surface area contributed by atoms with Crippen LogP contribution in [0.15, 0.2) is 30.5 Å². The normalized spacial score (nSPS) is 10.4. The second-order valence-electron chi connectivity index (χ2n) is 2.92. The number of carbonyl (C=O) groups excluding carboxylic acids is 1. The Morgan fingerprint density at radius 1 is 1.43 bits per heavy atom. The lowest BCUT2D eigenvalue weighted by Crippen LogP contribution is -2.21. The van der Waals surface area contributed by atoms with Gasteiger partial charge in [0, 0.05) is 17.3 Å². The summed E-state index contributed by atoms with van der Waals surface area (Å²) in [6.07, 6.45) is 1.84. The summed E-state index contributed by atoms with van der Waals surface area (Å²) in [5.74, 6) is -0.246. The Hall–Kier alpha value is -1.81. The maximum Gasteiger partial charge on any atom is 0.274 e. The summed E-state index contributed by atoms with van der Waals surface area (Å²) in [7, 11) is 1.41. The number of aromatic nitrogens is 1. The lowest BCUT2D eigenvalue weighted by Gasteiger charge is -2.01. The van der Waals surface area contributed by atoms with E-state index in [4.69, 9.17) is 0 Å². The SMILES string of the molecule is CONC(=O)c1ccc2cc[nH]c2c1. The van der Waals surface area contributed by atoms with Crippen molar-refractivity contribution in [1.29, 1.82) is 0 Å². The molecule has 14 heavy (non-hydrogen) atoms. The highest BCUT2D eigenvalue weighted by Gasteiger charge is 2.05. The number of rotatable bonds is 2. The third kappa shape index (κ3) is 1.47. The van der Waals surface area contributed by atoms with Crippen LogP contribution in [0.5, 0.6) is 0 Å². The Labute approximate surface area is 80.8 Å². The van der Waals surface area contributed by atoms with E-state index in [1.54, 1.807) is 12.1 Å². The molecule has 0 aliphatic rings. The molecule has 72 valence electrons. The van der Waals surface area contributed by atoms with Gasteiger partial charge in [0.05, 0.1) is 7.11 Å². The van der Waals surface area contributed by atoms with E-state index in [0.29, 0.717) is 5.56 Å². The maximum absolute atomic E-state index is 11.4. The van der Waals surface area contributed by atoms with Crippen molar-refractivity contribution in [3.8, 4) is 0 Å². The minimum absolute atomic E-state index is 0.246. The predicted octanol–water partition coefficient (Wildman–Crippen LogP) is 1.46. The lowest BCUT2D eigenvalue weighted by atomic mass is 10.1. The third-order valence-electron chi connectivity index (χ3n) is 2.01. The Morgan fingerprint density at radius 2 is 2.29 bits per heavy atom. The Balaban J connectivity index is 2.38. The van der Waals surface area contributed by atoms with Crippen LogP contribution in [0.3, 0.4) is 0 Å². The Morgan fingerprint density at radius 3 is 3.07 bits per heavy atom. The number of carbonyl (C=O) groups is 1. The maximum atomic E-state index is 11.4. The van der Waals surface area contributed by atoms with E-state index in [1.807, 2.05) is 18.3 Å². The molecule has 0 aliphatic carbocycles. The zero-order chi connectivity index (χ0) is 9.97. The van der Waals surface area contributed by atoms with Gasteiger partial charge >= 0.3 is 0 Å². The summed E-state index contributed by atoms with van der Waals surface area (Å²) < 4.78 is 0. The molecule has 2 rings (SSSR count). The third-order valence-corrected chi connectivity index (χ3v) is 2.01. The van der Waals surface area contributed by atoms with Gasteiger partial charge in [0.1, 0.15) is 0 Å². The fraction of sp³-hybridized carbons (Fsp3) is 0.100. The van der Waals surface area contributed by atoms with Gasteiger partial charge in [-0.1, -0.05) is 6.07 Å². The monoisotopic (exact) mass is 190 g/mol. The lowest BCUT2D eigenvalue weighted by molar-refractivity contribution is 0.0538. The van der Waals surface area contributed by atoms with Gasteiger partial charge in [-0.2, -0.15) is 0 Å². The molecule has 0 saturated heterocycles. The standard InChI is InChI=1S/C10H10N2O2/c1-14-12-10(13)8-3-2-7-4-5-11-9(7)6-8/h2-6,11H,1H3,(H,12,13). The van der Waals surface area contributed by atoms with Gasteiger partial charge in [-0.15, -0.1) is 0 Å². The van der Waals surface area contributed by atoms with E-state index < -0.39 is 0 Å². The molecule has 1 amide bonds. The highest BCUT2D eigenvalue weighted by Crippen LogP contribution is 2.13. The summed E-state index contributed by atoms with van der Waals surface area (Å²) in [4.78, 5) is 18.9. The van der Waals surface area contributed by atoms with E-state index in [0.717, 1.165) is 10.9 Å². The quantitative estimate of drug-likeness (QED) is 0.704. The van der Waals surface area contributed by atoms with Crippen LogP contribution >= 0.6 is 0 Å². The fourth-order valence-corrected chi connectivity index (χ4v) is 1.34. The molecule has 4 heteroatoms. The van der Waals surface area contributed by atoms with Crippen molar-refractivity contribution in [2.24, 2.45) is 0 Å². The topological polar surface area (TPSA) is 54.1 Å². The van der Waals surface area contributed by atoms with Gasteiger partial charge < -0.3 is 4.98 Å². The van der Waals surface area contributed by atoms with Crippen LogP contribution in [0.25, 0.3) is 10.9 Å². The number of nitrogens with one attached hydrogen (secondary N) is 2. The van der Waals surface area contributed by atoms with Crippen molar-refractivity contribution in [3.05, 3.63) is 36.0 Å². The van der Waals surface area contributed by atoms with E-state index in [9.17, 15) is 4.79 Å². The average molecular weight is 190 g/mol. The summed E-state index contributed by atoms with van der Waals surface area (Å²) in [6, 6.07) is 7.37. The molecule has 0 unspecified atom stereocenters. The molecular formula is C10H10N2O2. The predicted molar refractivity (Wildman–Crippen MR) is 52.8 cm³/mol. The second-order valence-corrected chi connectivity index (χ2v) is 2.92. The largest absolute Gasteiger partial charge is 0.361 e. The number of benzene rings is 1. The number of fused-ring (bicyclic) bond motifs is 1. The molecule has 0 fully saturated rings. The summed E-state index contributed by atoms with van der Waals surface area (Å²) >= 11 is 0. The molecule has 4 nitrogen and oxygen atoms in total. The summed E-state index contributed by atoms with van der Waals surface area (Å²) in [6.45, 7) is 0. The van der Waals surface area contributed by atoms with Gasteiger partial charge in [0.15, 0.2) is 0 Å². The van der Waals surface area contributed by atoms with Crippen LogP contribution in [0.1, 0.15) is 10.4 Å². The molecule has 0 spiro atoms. The van der Waals surface area contributed by atoms with Gasteiger partial charge in [0.2, 0.25) is 0 Å². The molecule has 0 aliphatic heterocycles. The van der Waals surface area contributed by atoms with Crippen LogP contribution in [-0.4, -0.2) is 18.0 Å². The van der Waals surface area contributed by atoms with Crippen molar-refractivity contribution in [2.75, 3.05) is 7.11 Å². The summed E-state index contributed by atoms with van der Waals surface area (Å²) in [5, 5.41) is 1.08. The van der Waals surface area contributed by atoms with Gasteiger partial charge in [-0.25, -0.2) is 5.48 Å². The molecule has 1 aromatic heterocycles. The van der Waals surface area contributed by atoms with Crippen LogP contribution in [-0.2, 0) is 4.84 Å². The van der Waals surface area contributed by atoms with E-state index in [1.165, 1.54) is 7.11 Å². The van der Waals surface area contributed by atoms with Gasteiger partial charge in [0.25, 0.3) is 5.91 Å². The Bertz CT molecular complexity index is 462. The number of aromatic amines is 1. The van der Waals surface area contributed by atoms with Crippen LogP contribution in [0, 0.1) is 0 Å². The van der Waals surface area contributed by atoms with Crippen LogP contribution in [0.2, 0.25) is 0 Å². The van der Waals surface area contributed by atoms with E-state index in [-0.39, 0.29) is 5.91 Å². The van der Waals surface area contributed by atoms with E-state index in [2.05, 4.69) is 15.3 Å².